The second-order valence-corrected chi connectivity index (χ2v) is 7.50. The van der Waals surface area contributed by atoms with E-state index in [1.807, 2.05) is 6.07 Å². The van der Waals surface area contributed by atoms with Gasteiger partial charge in [0.15, 0.2) is 5.65 Å². The molecule has 0 radical (unpaired) electrons. The van der Waals surface area contributed by atoms with Crippen LogP contribution in [0.15, 0.2) is 30.3 Å². The first kappa shape index (κ1) is 16.0. The standard InChI is InChI=1S/C19H24N6/c1-19(2)11-15(13-7-3-4-8-14(13)19)21-9-5-6-12-10-16(20)22-18-17(12)23-25-24-18/h3-4,7-8,10,15,21H,5-6,9,11H2,1-2H3,(H3,20,22,23,24,25)/t15-/m1/s1. The molecule has 0 saturated heterocycles. The highest BCUT2D eigenvalue weighted by atomic mass is 15.3. The topological polar surface area (TPSA) is 92.5 Å². The molecule has 0 fully saturated rings. The molecule has 2 aromatic heterocycles. The quantitative estimate of drug-likeness (QED) is 0.623. The summed E-state index contributed by atoms with van der Waals surface area (Å²) >= 11 is 0. The number of nitrogens with one attached hydrogen (secondary N) is 2. The van der Waals surface area contributed by atoms with E-state index in [2.05, 4.69) is 63.8 Å². The van der Waals surface area contributed by atoms with Crippen molar-refractivity contribution in [2.24, 2.45) is 0 Å². The van der Waals surface area contributed by atoms with Gasteiger partial charge in [0, 0.05) is 6.04 Å². The van der Waals surface area contributed by atoms with Crippen LogP contribution in [0.1, 0.15) is 49.4 Å². The third-order valence-corrected chi connectivity index (χ3v) is 5.19. The van der Waals surface area contributed by atoms with Gasteiger partial charge >= 0.3 is 0 Å². The van der Waals surface area contributed by atoms with Crippen molar-refractivity contribution in [1.82, 2.24) is 25.7 Å². The Balaban J connectivity index is 1.40. The van der Waals surface area contributed by atoms with Crippen LogP contribution >= 0.6 is 0 Å². The van der Waals surface area contributed by atoms with E-state index in [9.17, 15) is 0 Å². The minimum absolute atomic E-state index is 0.237. The van der Waals surface area contributed by atoms with Gasteiger partial charge in [0.2, 0.25) is 0 Å². The van der Waals surface area contributed by atoms with E-state index < -0.39 is 0 Å². The van der Waals surface area contributed by atoms with Crippen LogP contribution in [-0.2, 0) is 11.8 Å². The Bertz CT molecular complexity index is 898. The Labute approximate surface area is 147 Å². The smallest absolute Gasteiger partial charge is 0.178 e. The third kappa shape index (κ3) is 2.98. The van der Waals surface area contributed by atoms with Gasteiger partial charge in [-0.05, 0) is 54.0 Å². The van der Waals surface area contributed by atoms with E-state index in [1.54, 1.807) is 0 Å². The van der Waals surface area contributed by atoms with Gasteiger partial charge in [-0.15, -0.1) is 5.10 Å². The van der Waals surface area contributed by atoms with E-state index in [4.69, 9.17) is 5.73 Å². The summed E-state index contributed by atoms with van der Waals surface area (Å²) in [5, 5.41) is 14.5. The van der Waals surface area contributed by atoms with Crippen LogP contribution in [0, 0.1) is 0 Å². The van der Waals surface area contributed by atoms with Crippen LogP contribution in [0.25, 0.3) is 11.2 Å². The molecule has 2 heterocycles. The predicted molar refractivity (Wildman–Crippen MR) is 99.2 cm³/mol. The first-order valence-corrected chi connectivity index (χ1v) is 8.83. The van der Waals surface area contributed by atoms with E-state index in [1.165, 1.54) is 11.1 Å². The zero-order valence-corrected chi connectivity index (χ0v) is 14.7. The average Bonchev–Trinajstić information content (AvgIpc) is 3.14. The molecule has 0 aliphatic heterocycles. The minimum atomic E-state index is 0.237. The van der Waals surface area contributed by atoms with Crippen molar-refractivity contribution < 1.29 is 0 Å². The molecule has 25 heavy (non-hydrogen) atoms. The number of aromatic amines is 1. The van der Waals surface area contributed by atoms with E-state index in [0.29, 0.717) is 17.5 Å². The fraction of sp³-hybridized carbons (Fsp3) is 0.421. The maximum atomic E-state index is 5.87. The number of H-pyrrole nitrogens is 1. The van der Waals surface area contributed by atoms with Gasteiger partial charge in [0.05, 0.1) is 0 Å². The molecule has 1 atom stereocenters. The number of anilines is 1. The van der Waals surface area contributed by atoms with Crippen molar-refractivity contribution in [2.75, 3.05) is 12.3 Å². The van der Waals surface area contributed by atoms with Gasteiger partial charge in [-0.1, -0.05) is 43.3 Å². The van der Waals surface area contributed by atoms with Gasteiger partial charge in [-0.2, -0.15) is 0 Å². The largest absolute Gasteiger partial charge is 0.384 e. The second-order valence-electron chi connectivity index (χ2n) is 7.50. The summed E-state index contributed by atoms with van der Waals surface area (Å²) in [6, 6.07) is 11.1. The fourth-order valence-electron chi connectivity index (χ4n) is 4.00. The average molecular weight is 336 g/mol. The number of nitrogens with zero attached hydrogens (tertiary/aromatic N) is 3. The molecular weight excluding hydrogens is 312 g/mol. The van der Waals surface area contributed by atoms with E-state index in [-0.39, 0.29) is 5.41 Å². The van der Waals surface area contributed by atoms with Gasteiger partial charge in [-0.25, -0.2) is 10.1 Å². The Morgan fingerprint density at radius 3 is 3.04 bits per heavy atom. The van der Waals surface area contributed by atoms with Gasteiger partial charge in [0.25, 0.3) is 0 Å². The molecule has 0 saturated carbocycles. The molecule has 6 heteroatoms. The molecule has 1 aliphatic rings. The summed E-state index contributed by atoms with van der Waals surface area (Å²) in [6.07, 6.45) is 3.06. The third-order valence-electron chi connectivity index (χ3n) is 5.19. The summed E-state index contributed by atoms with van der Waals surface area (Å²) in [4.78, 5) is 4.21. The molecule has 3 aromatic rings. The maximum Gasteiger partial charge on any atom is 0.178 e. The van der Waals surface area contributed by atoms with Gasteiger partial charge in [0.1, 0.15) is 11.3 Å². The molecule has 6 nitrogen and oxygen atoms in total. The lowest BCUT2D eigenvalue weighted by molar-refractivity contribution is 0.425. The lowest BCUT2D eigenvalue weighted by Crippen LogP contribution is -2.22. The monoisotopic (exact) mass is 336 g/mol. The minimum Gasteiger partial charge on any atom is -0.384 e. The second kappa shape index (κ2) is 6.11. The maximum absolute atomic E-state index is 5.87. The predicted octanol–water partition coefficient (Wildman–Crippen LogP) is 2.88. The number of benzene rings is 1. The number of nitrogen functional groups attached to an aromatic ring is 1. The highest BCUT2D eigenvalue weighted by Crippen LogP contribution is 2.44. The van der Waals surface area contributed by atoms with Crippen molar-refractivity contribution in [3.8, 4) is 0 Å². The summed E-state index contributed by atoms with van der Waals surface area (Å²) in [5.74, 6) is 0.507. The molecule has 130 valence electrons. The molecule has 1 aromatic carbocycles. The highest BCUT2D eigenvalue weighted by Gasteiger charge is 2.35. The lowest BCUT2D eigenvalue weighted by Gasteiger charge is -2.19. The molecule has 0 amide bonds. The molecule has 0 spiro atoms. The Hall–Kier alpha value is -2.47. The number of rotatable bonds is 5. The number of hydrogen-bond acceptors (Lipinski definition) is 5. The molecule has 0 unspecified atom stereocenters. The number of nitrogens with two attached hydrogens (primary N) is 1. The normalized spacial score (nSPS) is 18.6. The molecule has 1 aliphatic carbocycles. The molecular formula is C19H24N6. The summed E-state index contributed by atoms with van der Waals surface area (Å²) in [6.45, 7) is 5.61. The first-order valence-electron chi connectivity index (χ1n) is 8.83. The van der Waals surface area contributed by atoms with Crippen molar-refractivity contribution in [3.63, 3.8) is 0 Å². The van der Waals surface area contributed by atoms with Crippen molar-refractivity contribution in [3.05, 3.63) is 47.0 Å². The fourth-order valence-corrected chi connectivity index (χ4v) is 4.00. The van der Waals surface area contributed by atoms with E-state index in [0.717, 1.165) is 36.9 Å². The van der Waals surface area contributed by atoms with Crippen LogP contribution in [-0.4, -0.2) is 26.9 Å². The number of hydrogen-bond donors (Lipinski definition) is 3. The van der Waals surface area contributed by atoms with Gasteiger partial charge in [-0.3, -0.25) is 0 Å². The summed E-state index contributed by atoms with van der Waals surface area (Å²) < 4.78 is 0. The van der Waals surface area contributed by atoms with Crippen LogP contribution in [0.2, 0.25) is 0 Å². The SMILES string of the molecule is CC1(C)C[C@@H](NCCCc2cc(N)nc3[nH]nnc23)c2ccccc21. The Morgan fingerprint density at radius 2 is 2.16 bits per heavy atom. The van der Waals surface area contributed by atoms with Crippen molar-refractivity contribution >= 4 is 17.0 Å². The zero-order valence-electron chi connectivity index (χ0n) is 14.7. The van der Waals surface area contributed by atoms with Crippen LogP contribution in [0.4, 0.5) is 5.82 Å². The van der Waals surface area contributed by atoms with Crippen LogP contribution in [0.5, 0.6) is 0 Å². The van der Waals surface area contributed by atoms with E-state index >= 15 is 0 Å². The Kier molecular flexibility index (Phi) is 3.92. The lowest BCUT2D eigenvalue weighted by atomic mass is 9.86. The molecule has 0 bridgehead atoms. The number of aromatic nitrogens is 4. The highest BCUT2D eigenvalue weighted by molar-refractivity contribution is 5.75. The van der Waals surface area contributed by atoms with Crippen molar-refractivity contribution in [2.45, 2.75) is 44.6 Å². The summed E-state index contributed by atoms with van der Waals surface area (Å²) in [5.41, 5.74) is 11.6. The first-order chi connectivity index (χ1) is 12.0. The number of fused-ring (bicyclic) bond motifs is 2. The number of pyridine rings is 1. The summed E-state index contributed by atoms with van der Waals surface area (Å²) in [7, 11) is 0. The molecule has 4 rings (SSSR count). The van der Waals surface area contributed by atoms with Crippen LogP contribution < -0.4 is 11.1 Å². The van der Waals surface area contributed by atoms with Crippen LogP contribution in [0.3, 0.4) is 0 Å². The molecule has 4 N–H and O–H groups in total. The van der Waals surface area contributed by atoms with Gasteiger partial charge < -0.3 is 11.1 Å². The van der Waals surface area contributed by atoms with Crippen molar-refractivity contribution in [1.29, 1.82) is 0 Å². The number of aryl methyl sites for hydroxylation is 1. The zero-order chi connectivity index (χ0) is 17.4. The Morgan fingerprint density at radius 1 is 1.32 bits per heavy atom.